The van der Waals surface area contributed by atoms with Gasteiger partial charge >= 0.3 is 0 Å². The lowest BCUT2D eigenvalue weighted by molar-refractivity contribution is -0.134. The van der Waals surface area contributed by atoms with Crippen molar-refractivity contribution >= 4 is 30.7 Å². The second kappa shape index (κ2) is 8.32. The van der Waals surface area contributed by atoms with E-state index in [-0.39, 0.29) is 30.7 Å². The van der Waals surface area contributed by atoms with Crippen molar-refractivity contribution in [1.29, 1.82) is 0 Å². The maximum Gasteiger partial charge on any atom is 0.242 e. The smallest absolute Gasteiger partial charge is 0.242 e. The Bertz CT molecular complexity index is 386. The van der Waals surface area contributed by atoms with Gasteiger partial charge in [0.15, 0.2) is 0 Å². The number of pyridine rings is 1. The van der Waals surface area contributed by atoms with Crippen LogP contribution in [0.5, 0.6) is 0 Å². The van der Waals surface area contributed by atoms with Crippen LogP contribution in [0.4, 0.5) is 0 Å². The van der Waals surface area contributed by atoms with Gasteiger partial charge in [-0.3, -0.25) is 9.78 Å². The number of amides is 1. The second-order valence-corrected chi connectivity index (χ2v) is 4.26. The van der Waals surface area contributed by atoms with Crippen LogP contribution in [0.15, 0.2) is 24.4 Å². The van der Waals surface area contributed by atoms with E-state index in [1.807, 2.05) is 0 Å². The first-order valence-corrected chi connectivity index (χ1v) is 5.83. The van der Waals surface area contributed by atoms with Gasteiger partial charge < -0.3 is 15.7 Å². The summed E-state index contributed by atoms with van der Waals surface area (Å²) >= 11 is 0. The molecular weight excluding hydrogens is 289 g/mol. The Balaban J connectivity index is 0.00000162. The van der Waals surface area contributed by atoms with Crippen molar-refractivity contribution in [3.8, 4) is 0 Å². The Hall–Kier alpha value is -0.880. The van der Waals surface area contributed by atoms with Crippen LogP contribution in [0, 0.1) is 0 Å². The predicted molar refractivity (Wildman–Crippen MR) is 77.5 cm³/mol. The summed E-state index contributed by atoms with van der Waals surface area (Å²) in [5.41, 5.74) is 6.23. The minimum absolute atomic E-state index is 0. The minimum atomic E-state index is -1.04. The van der Waals surface area contributed by atoms with Gasteiger partial charge in [-0.1, -0.05) is 6.07 Å². The van der Waals surface area contributed by atoms with E-state index in [0.29, 0.717) is 5.69 Å². The first-order valence-electron chi connectivity index (χ1n) is 5.83. The molecule has 2 unspecified atom stereocenters. The summed E-state index contributed by atoms with van der Waals surface area (Å²) in [6, 6.07) is 4.26. The van der Waals surface area contributed by atoms with Crippen LogP contribution in [0.25, 0.3) is 0 Å². The molecule has 1 aromatic heterocycles. The molecule has 2 rings (SSSR count). The summed E-state index contributed by atoms with van der Waals surface area (Å²) in [6.45, 7) is 1.48. The Morgan fingerprint density at radius 3 is 2.47 bits per heavy atom. The molecule has 1 aromatic rings. The normalized spacial score (nSPS) is 17.1. The van der Waals surface area contributed by atoms with E-state index < -0.39 is 12.1 Å². The molecule has 108 valence electrons. The van der Waals surface area contributed by atoms with Crippen LogP contribution >= 0.6 is 24.8 Å². The molecule has 2 heterocycles. The zero-order valence-electron chi connectivity index (χ0n) is 10.4. The fraction of sp³-hybridized carbons (Fsp3) is 0.500. The summed E-state index contributed by atoms with van der Waals surface area (Å²) < 4.78 is 0. The van der Waals surface area contributed by atoms with E-state index in [4.69, 9.17) is 5.73 Å². The van der Waals surface area contributed by atoms with E-state index in [1.54, 1.807) is 29.3 Å². The molecule has 1 aliphatic heterocycles. The number of likely N-dealkylation sites (tertiary alicyclic amines) is 1. The Labute approximate surface area is 125 Å². The van der Waals surface area contributed by atoms with Crippen molar-refractivity contribution in [3.63, 3.8) is 0 Å². The van der Waals surface area contributed by atoms with Crippen LogP contribution in [-0.4, -0.2) is 40.0 Å². The molecule has 1 saturated heterocycles. The summed E-state index contributed by atoms with van der Waals surface area (Å²) in [5, 5.41) is 9.98. The quantitative estimate of drug-likeness (QED) is 0.870. The van der Waals surface area contributed by atoms with E-state index in [0.717, 1.165) is 25.9 Å². The zero-order chi connectivity index (χ0) is 12.3. The largest absolute Gasteiger partial charge is 0.385 e. The van der Waals surface area contributed by atoms with Gasteiger partial charge in [-0.15, -0.1) is 24.8 Å². The number of carbonyl (C=O) groups is 1. The highest BCUT2D eigenvalue weighted by atomic mass is 35.5. The van der Waals surface area contributed by atoms with Crippen LogP contribution in [0.2, 0.25) is 0 Å². The van der Waals surface area contributed by atoms with Crippen molar-refractivity contribution in [1.82, 2.24) is 9.88 Å². The number of aromatic nitrogens is 1. The average Bonchev–Trinajstić information content (AvgIpc) is 2.91. The van der Waals surface area contributed by atoms with Gasteiger partial charge in [0.25, 0.3) is 0 Å². The maximum atomic E-state index is 12.0. The fourth-order valence-electron chi connectivity index (χ4n) is 2.02. The number of halogens is 2. The molecule has 0 spiro atoms. The second-order valence-electron chi connectivity index (χ2n) is 4.26. The molecule has 0 bridgehead atoms. The molecular formula is C12H19Cl2N3O2. The average molecular weight is 308 g/mol. The third-order valence-corrected chi connectivity index (χ3v) is 3.03. The van der Waals surface area contributed by atoms with Crippen LogP contribution in [-0.2, 0) is 4.79 Å². The van der Waals surface area contributed by atoms with Gasteiger partial charge in [0.2, 0.25) is 5.91 Å². The van der Waals surface area contributed by atoms with Gasteiger partial charge in [0, 0.05) is 19.3 Å². The first kappa shape index (κ1) is 18.1. The maximum absolute atomic E-state index is 12.0. The van der Waals surface area contributed by atoms with Gasteiger partial charge in [0.1, 0.15) is 12.1 Å². The SMILES string of the molecule is Cl.Cl.NC(C(=O)N1CCCC1)C(O)c1ccccn1. The molecule has 1 amide bonds. The number of rotatable bonds is 3. The molecule has 0 aromatic carbocycles. The molecule has 5 nitrogen and oxygen atoms in total. The summed E-state index contributed by atoms with van der Waals surface area (Å²) in [7, 11) is 0. The van der Waals surface area contributed by atoms with E-state index in [9.17, 15) is 9.90 Å². The highest BCUT2D eigenvalue weighted by Gasteiger charge is 2.30. The first-order chi connectivity index (χ1) is 8.20. The molecule has 1 aliphatic rings. The van der Waals surface area contributed by atoms with Crippen LogP contribution in [0.1, 0.15) is 24.6 Å². The number of carbonyl (C=O) groups excluding carboxylic acids is 1. The molecule has 0 saturated carbocycles. The number of nitrogens with zero attached hydrogens (tertiary/aromatic N) is 2. The lowest BCUT2D eigenvalue weighted by Crippen LogP contribution is -2.46. The lowest BCUT2D eigenvalue weighted by atomic mass is 10.1. The minimum Gasteiger partial charge on any atom is -0.385 e. The zero-order valence-corrected chi connectivity index (χ0v) is 12.1. The van der Waals surface area contributed by atoms with Crippen molar-refractivity contribution in [2.24, 2.45) is 5.73 Å². The number of aliphatic hydroxyl groups is 1. The highest BCUT2D eigenvalue weighted by molar-refractivity contribution is 5.85. The van der Waals surface area contributed by atoms with Gasteiger partial charge in [-0.25, -0.2) is 0 Å². The topological polar surface area (TPSA) is 79.5 Å². The standard InChI is InChI=1S/C12H17N3O2.2ClH/c13-10(12(17)15-7-3-4-8-15)11(16)9-5-1-2-6-14-9;;/h1-2,5-6,10-11,16H,3-4,7-8,13H2;2*1H. The Morgan fingerprint density at radius 1 is 1.32 bits per heavy atom. The Kier molecular flexibility index (Phi) is 7.94. The van der Waals surface area contributed by atoms with Gasteiger partial charge in [-0.05, 0) is 25.0 Å². The van der Waals surface area contributed by atoms with Crippen LogP contribution < -0.4 is 5.73 Å². The molecule has 1 fully saturated rings. The third-order valence-electron chi connectivity index (χ3n) is 3.03. The van der Waals surface area contributed by atoms with E-state index in [1.165, 1.54) is 0 Å². The van der Waals surface area contributed by atoms with Crippen molar-refractivity contribution in [2.45, 2.75) is 25.0 Å². The number of hydrogen-bond donors (Lipinski definition) is 2. The molecule has 7 heteroatoms. The number of aliphatic hydroxyl groups excluding tert-OH is 1. The molecule has 0 radical (unpaired) electrons. The molecule has 3 N–H and O–H groups in total. The predicted octanol–water partition coefficient (Wildman–Crippen LogP) is 0.908. The summed E-state index contributed by atoms with van der Waals surface area (Å²) in [5.74, 6) is -0.194. The summed E-state index contributed by atoms with van der Waals surface area (Å²) in [6.07, 6.45) is 2.56. The van der Waals surface area contributed by atoms with Gasteiger partial charge in [0.05, 0.1) is 5.69 Å². The Morgan fingerprint density at radius 2 is 1.95 bits per heavy atom. The van der Waals surface area contributed by atoms with Crippen molar-refractivity contribution in [3.05, 3.63) is 30.1 Å². The number of nitrogens with two attached hydrogens (primary N) is 1. The van der Waals surface area contributed by atoms with Crippen molar-refractivity contribution < 1.29 is 9.90 Å². The van der Waals surface area contributed by atoms with E-state index in [2.05, 4.69) is 4.98 Å². The van der Waals surface area contributed by atoms with Gasteiger partial charge in [-0.2, -0.15) is 0 Å². The molecule has 2 atom stereocenters. The molecule has 19 heavy (non-hydrogen) atoms. The number of hydrogen-bond acceptors (Lipinski definition) is 4. The third kappa shape index (κ3) is 4.31. The van der Waals surface area contributed by atoms with Crippen molar-refractivity contribution in [2.75, 3.05) is 13.1 Å². The fourth-order valence-corrected chi connectivity index (χ4v) is 2.02. The molecule has 0 aliphatic carbocycles. The summed E-state index contributed by atoms with van der Waals surface area (Å²) in [4.78, 5) is 17.7. The highest BCUT2D eigenvalue weighted by Crippen LogP contribution is 2.16. The van der Waals surface area contributed by atoms with E-state index >= 15 is 0 Å². The van der Waals surface area contributed by atoms with Crippen LogP contribution in [0.3, 0.4) is 0 Å². The lowest BCUT2D eigenvalue weighted by Gasteiger charge is -2.23. The monoisotopic (exact) mass is 307 g/mol.